The average Bonchev–Trinajstić information content (AvgIpc) is 3.07. The van der Waals surface area contributed by atoms with Gasteiger partial charge in [0, 0.05) is 19.3 Å². The summed E-state index contributed by atoms with van der Waals surface area (Å²) < 4.78 is 68.9. The zero-order chi connectivity index (χ0) is 27.0. The van der Waals surface area contributed by atoms with Crippen molar-refractivity contribution in [1.82, 2.24) is 24.6 Å². The number of hydrogen-bond acceptors (Lipinski definition) is 8. The lowest BCUT2D eigenvalue weighted by molar-refractivity contribution is -0.0436. The Kier molecular flexibility index (Phi) is 7.12. The average molecular weight is 542 g/mol. The lowest BCUT2D eigenvalue weighted by Gasteiger charge is -2.26. The predicted octanol–water partition coefficient (Wildman–Crippen LogP) is 1.37. The standard InChI is InChI=1S/C22H22F3N5O6S/c1-14-20(32)30(16-2-4-17(5-3-16)37(34,35)22(23,24)25)21(33)29(14)13-15-6-7-26-18(12-15)19(31)27-28-8-10-36-11-9-28/h2-7,12,32H,8-11,13H2,1H3,(H,27,31). The molecule has 0 aliphatic carbocycles. The fraction of sp³-hybridized carbons (Fsp3) is 0.318. The van der Waals surface area contributed by atoms with Crippen LogP contribution in [0.2, 0.25) is 0 Å². The minimum absolute atomic E-state index is 0.0363. The van der Waals surface area contributed by atoms with Crippen molar-refractivity contribution in [3.05, 3.63) is 70.0 Å². The molecule has 1 aromatic carbocycles. The summed E-state index contributed by atoms with van der Waals surface area (Å²) in [5, 5.41) is 12.3. The molecule has 4 rings (SSSR count). The van der Waals surface area contributed by atoms with Crippen LogP contribution in [0.3, 0.4) is 0 Å². The molecule has 198 valence electrons. The summed E-state index contributed by atoms with van der Waals surface area (Å²) in [6, 6.07) is 6.47. The number of sulfone groups is 1. The molecule has 1 aliphatic heterocycles. The number of aromatic nitrogens is 3. The number of nitrogens with one attached hydrogen (secondary N) is 1. The summed E-state index contributed by atoms with van der Waals surface area (Å²) in [6.45, 7) is 3.43. The Morgan fingerprint density at radius 3 is 2.43 bits per heavy atom. The van der Waals surface area contributed by atoms with E-state index >= 15 is 0 Å². The van der Waals surface area contributed by atoms with Gasteiger partial charge in [-0.25, -0.2) is 22.8 Å². The van der Waals surface area contributed by atoms with E-state index < -0.39 is 37.7 Å². The third-order valence-corrected chi connectivity index (χ3v) is 7.24. The van der Waals surface area contributed by atoms with E-state index in [0.29, 0.717) is 44.0 Å². The summed E-state index contributed by atoms with van der Waals surface area (Å²) in [7, 11) is -5.56. The summed E-state index contributed by atoms with van der Waals surface area (Å²) in [5.74, 6) is -0.919. The predicted molar refractivity (Wildman–Crippen MR) is 123 cm³/mol. The van der Waals surface area contributed by atoms with Crippen molar-refractivity contribution in [2.75, 3.05) is 26.3 Å². The number of imidazole rings is 1. The molecule has 0 unspecified atom stereocenters. The molecule has 1 aliphatic rings. The lowest BCUT2D eigenvalue weighted by Crippen LogP contribution is -2.48. The fourth-order valence-corrected chi connectivity index (χ4v) is 4.48. The van der Waals surface area contributed by atoms with Crippen molar-refractivity contribution in [3.8, 4) is 11.6 Å². The largest absolute Gasteiger partial charge is 0.501 e. The number of hydrazine groups is 1. The molecule has 15 heteroatoms. The van der Waals surface area contributed by atoms with Crippen LogP contribution in [0.15, 0.2) is 52.3 Å². The van der Waals surface area contributed by atoms with Crippen LogP contribution in [0.25, 0.3) is 5.69 Å². The van der Waals surface area contributed by atoms with E-state index in [-0.39, 0.29) is 23.6 Å². The van der Waals surface area contributed by atoms with Crippen molar-refractivity contribution in [2.24, 2.45) is 0 Å². The van der Waals surface area contributed by atoms with Crippen LogP contribution in [0, 0.1) is 6.92 Å². The first-order valence-corrected chi connectivity index (χ1v) is 12.4. The number of aromatic hydroxyl groups is 1. The van der Waals surface area contributed by atoms with Gasteiger partial charge in [0.1, 0.15) is 5.69 Å². The number of nitrogens with zero attached hydrogens (tertiary/aromatic N) is 4. The third-order valence-electron chi connectivity index (χ3n) is 5.74. The van der Waals surface area contributed by atoms with Gasteiger partial charge in [-0.3, -0.25) is 19.8 Å². The molecule has 0 bridgehead atoms. The Balaban J connectivity index is 1.59. The van der Waals surface area contributed by atoms with Gasteiger partial charge in [-0.05, 0) is 48.9 Å². The molecule has 1 amide bonds. The lowest BCUT2D eigenvalue weighted by atomic mass is 10.2. The molecule has 0 spiro atoms. The smallest absolute Gasteiger partial charge is 0.493 e. The topological polar surface area (TPSA) is 136 Å². The first-order chi connectivity index (χ1) is 17.4. The monoisotopic (exact) mass is 541 g/mol. The Bertz CT molecular complexity index is 1480. The number of carbonyl (C=O) groups is 1. The number of morpholine rings is 1. The van der Waals surface area contributed by atoms with Gasteiger partial charge in [0.05, 0.1) is 36.0 Å². The number of hydrogen-bond donors (Lipinski definition) is 2. The summed E-state index contributed by atoms with van der Waals surface area (Å²) in [5.41, 5.74) is -2.72. The van der Waals surface area contributed by atoms with Crippen LogP contribution in [-0.4, -0.2) is 70.4 Å². The van der Waals surface area contributed by atoms with Gasteiger partial charge in [-0.1, -0.05) is 0 Å². The van der Waals surface area contributed by atoms with Gasteiger partial charge in [0.25, 0.3) is 15.7 Å². The first kappa shape index (κ1) is 26.4. The summed E-state index contributed by atoms with van der Waals surface area (Å²) in [6.07, 6.45) is 1.40. The highest BCUT2D eigenvalue weighted by molar-refractivity contribution is 7.92. The van der Waals surface area contributed by atoms with Crippen molar-refractivity contribution in [3.63, 3.8) is 0 Å². The quantitative estimate of drug-likeness (QED) is 0.478. The molecular formula is C22H22F3N5O6S. The fourth-order valence-electron chi connectivity index (χ4n) is 3.72. The van der Waals surface area contributed by atoms with E-state index in [1.54, 1.807) is 11.1 Å². The number of amides is 1. The SMILES string of the molecule is Cc1c(O)n(-c2ccc(S(=O)(=O)C(F)(F)F)cc2)c(=O)n1Cc1ccnc(C(=O)NN2CCOCC2)c1. The van der Waals surface area contributed by atoms with E-state index in [9.17, 15) is 36.3 Å². The Morgan fingerprint density at radius 1 is 1.16 bits per heavy atom. The van der Waals surface area contributed by atoms with Crippen LogP contribution in [0.5, 0.6) is 5.88 Å². The molecule has 1 saturated heterocycles. The van der Waals surface area contributed by atoms with Crippen LogP contribution < -0.4 is 11.1 Å². The zero-order valence-corrected chi connectivity index (χ0v) is 20.2. The molecule has 1 fully saturated rings. The maximum atomic E-state index is 13.1. The number of pyridine rings is 1. The highest BCUT2D eigenvalue weighted by atomic mass is 32.2. The maximum absolute atomic E-state index is 13.1. The molecular weight excluding hydrogens is 519 g/mol. The van der Waals surface area contributed by atoms with E-state index in [1.165, 1.54) is 23.8 Å². The van der Waals surface area contributed by atoms with Crippen molar-refractivity contribution in [1.29, 1.82) is 0 Å². The molecule has 37 heavy (non-hydrogen) atoms. The Labute approximate surface area is 208 Å². The Morgan fingerprint density at radius 2 is 1.81 bits per heavy atom. The second kappa shape index (κ2) is 9.99. The minimum atomic E-state index is -5.56. The van der Waals surface area contributed by atoms with E-state index in [0.717, 1.165) is 16.7 Å². The van der Waals surface area contributed by atoms with Gasteiger partial charge in [-0.2, -0.15) is 13.2 Å². The Hall–Kier alpha value is -3.69. The van der Waals surface area contributed by atoms with Crippen molar-refractivity contribution >= 4 is 15.7 Å². The molecule has 3 heterocycles. The summed E-state index contributed by atoms with van der Waals surface area (Å²) >= 11 is 0. The van der Waals surface area contributed by atoms with Gasteiger partial charge in [0.15, 0.2) is 0 Å². The van der Waals surface area contributed by atoms with Crippen molar-refractivity contribution < 1.29 is 36.2 Å². The van der Waals surface area contributed by atoms with Gasteiger partial charge in [-0.15, -0.1) is 0 Å². The number of benzene rings is 1. The second-order valence-corrected chi connectivity index (χ2v) is 10.1. The van der Waals surface area contributed by atoms with E-state index in [1.807, 2.05) is 0 Å². The summed E-state index contributed by atoms with van der Waals surface area (Å²) in [4.78, 5) is 28.7. The van der Waals surface area contributed by atoms with Gasteiger partial charge >= 0.3 is 11.2 Å². The molecule has 11 nitrogen and oxygen atoms in total. The molecule has 0 saturated carbocycles. The molecule has 0 radical (unpaired) electrons. The van der Waals surface area contributed by atoms with Crippen molar-refractivity contribution in [2.45, 2.75) is 23.9 Å². The number of rotatable bonds is 6. The van der Waals surface area contributed by atoms with E-state index in [4.69, 9.17) is 4.74 Å². The maximum Gasteiger partial charge on any atom is 0.501 e. The van der Waals surface area contributed by atoms with E-state index in [2.05, 4.69) is 10.4 Å². The molecule has 0 atom stereocenters. The molecule has 3 aromatic rings. The number of halogens is 3. The molecule has 2 aromatic heterocycles. The number of carbonyl (C=O) groups excluding carboxylic acids is 1. The zero-order valence-electron chi connectivity index (χ0n) is 19.4. The number of alkyl halides is 3. The van der Waals surface area contributed by atoms with Crippen LogP contribution in [-0.2, 0) is 21.1 Å². The normalized spacial score (nSPS) is 15.0. The highest BCUT2D eigenvalue weighted by Crippen LogP contribution is 2.31. The van der Waals surface area contributed by atoms with Crippen LogP contribution >= 0.6 is 0 Å². The second-order valence-electron chi connectivity index (χ2n) is 8.15. The van der Waals surface area contributed by atoms with Crippen LogP contribution in [0.1, 0.15) is 21.7 Å². The minimum Gasteiger partial charge on any atom is -0.493 e. The van der Waals surface area contributed by atoms with Crippen LogP contribution in [0.4, 0.5) is 13.2 Å². The highest BCUT2D eigenvalue weighted by Gasteiger charge is 2.46. The number of ether oxygens (including phenoxy) is 1. The first-order valence-electron chi connectivity index (χ1n) is 10.9. The van der Waals surface area contributed by atoms with Gasteiger partial charge in [0.2, 0.25) is 5.88 Å². The van der Waals surface area contributed by atoms with Gasteiger partial charge < -0.3 is 9.84 Å². The molecule has 2 N–H and O–H groups in total. The third kappa shape index (κ3) is 5.23.